The van der Waals surface area contributed by atoms with E-state index < -0.39 is 5.82 Å². The molecule has 1 aliphatic heterocycles. The SMILES string of the molecule is O=C(c1ccc(O)cc1F)N1CCCCCCC1. The van der Waals surface area contributed by atoms with Crippen molar-refractivity contribution in [3.05, 3.63) is 29.6 Å². The van der Waals surface area contributed by atoms with Gasteiger partial charge in [-0.3, -0.25) is 4.79 Å². The van der Waals surface area contributed by atoms with Crippen LogP contribution in [0.5, 0.6) is 5.75 Å². The van der Waals surface area contributed by atoms with Gasteiger partial charge in [0.15, 0.2) is 0 Å². The van der Waals surface area contributed by atoms with E-state index >= 15 is 0 Å². The number of aromatic hydroxyl groups is 1. The molecule has 0 radical (unpaired) electrons. The lowest BCUT2D eigenvalue weighted by atomic mass is 10.1. The Morgan fingerprint density at radius 2 is 1.72 bits per heavy atom. The highest BCUT2D eigenvalue weighted by Gasteiger charge is 2.19. The van der Waals surface area contributed by atoms with Crippen LogP contribution in [-0.2, 0) is 0 Å². The summed E-state index contributed by atoms with van der Waals surface area (Å²) in [6, 6.07) is 3.68. The van der Waals surface area contributed by atoms with Gasteiger partial charge in [0.05, 0.1) is 5.56 Å². The van der Waals surface area contributed by atoms with Gasteiger partial charge in [-0.1, -0.05) is 19.3 Å². The molecule has 4 heteroatoms. The minimum absolute atomic E-state index is 0.0494. The van der Waals surface area contributed by atoms with Crippen molar-refractivity contribution in [2.75, 3.05) is 13.1 Å². The summed E-state index contributed by atoms with van der Waals surface area (Å²) in [6.45, 7) is 1.39. The van der Waals surface area contributed by atoms with E-state index in [1.165, 1.54) is 18.6 Å². The lowest BCUT2D eigenvalue weighted by Crippen LogP contribution is -2.34. The van der Waals surface area contributed by atoms with E-state index in [4.69, 9.17) is 5.11 Å². The number of likely N-dealkylation sites (tertiary alicyclic amines) is 1. The van der Waals surface area contributed by atoms with Crippen LogP contribution in [0.2, 0.25) is 0 Å². The van der Waals surface area contributed by atoms with Gasteiger partial charge < -0.3 is 10.0 Å². The Labute approximate surface area is 106 Å². The maximum Gasteiger partial charge on any atom is 0.256 e. The molecule has 18 heavy (non-hydrogen) atoms. The molecule has 1 aromatic rings. The summed E-state index contributed by atoms with van der Waals surface area (Å²) in [5.41, 5.74) is 0.0494. The number of rotatable bonds is 1. The molecule has 1 N–H and O–H groups in total. The van der Waals surface area contributed by atoms with Gasteiger partial charge in [0.25, 0.3) is 5.91 Å². The molecule has 1 heterocycles. The van der Waals surface area contributed by atoms with Gasteiger partial charge in [0.2, 0.25) is 0 Å². The summed E-state index contributed by atoms with van der Waals surface area (Å²) in [5, 5.41) is 9.15. The molecular weight excluding hydrogens is 233 g/mol. The molecule has 0 spiro atoms. The molecule has 3 nitrogen and oxygen atoms in total. The second kappa shape index (κ2) is 5.85. The van der Waals surface area contributed by atoms with Crippen molar-refractivity contribution in [3.8, 4) is 5.75 Å². The summed E-state index contributed by atoms with van der Waals surface area (Å²) in [4.78, 5) is 13.9. The predicted molar refractivity (Wildman–Crippen MR) is 67.1 cm³/mol. The minimum atomic E-state index is -0.651. The zero-order valence-corrected chi connectivity index (χ0v) is 10.4. The number of carbonyl (C=O) groups excluding carboxylic acids is 1. The molecule has 0 unspecified atom stereocenters. The molecule has 0 aliphatic carbocycles. The van der Waals surface area contributed by atoms with E-state index in [1.54, 1.807) is 4.90 Å². The zero-order valence-electron chi connectivity index (χ0n) is 10.4. The summed E-state index contributed by atoms with van der Waals surface area (Å²) in [7, 11) is 0. The van der Waals surface area contributed by atoms with Crippen molar-refractivity contribution in [3.63, 3.8) is 0 Å². The Morgan fingerprint density at radius 1 is 1.11 bits per heavy atom. The molecule has 0 aromatic heterocycles. The Hall–Kier alpha value is -1.58. The third-order valence-corrected chi connectivity index (χ3v) is 3.33. The molecule has 0 bridgehead atoms. The van der Waals surface area contributed by atoms with E-state index in [2.05, 4.69) is 0 Å². The normalized spacial score (nSPS) is 17.1. The number of hydrogen-bond acceptors (Lipinski definition) is 2. The Bertz CT molecular complexity index is 426. The highest BCUT2D eigenvalue weighted by Crippen LogP contribution is 2.18. The van der Waals surface area contributed by atoms with Crippen molar-refractivity contribution in [1.82, 2.24) is 4.90 Å². The monoisotopic (exact) mass is 251 g/mol. The van der Waals surface area contributed by atoms with Crippen LogP contribution in [0.4, 0.5) is 4.39 Å². The number of amides is 1. The standard InChI is InChI=1S/C14H18FNO2/c15-13-10-11(17)6-7-12(13)14(18)16-8-4-2-1-3-5-9-16/h6-7,10,17H,1-5,8-9H2. The van der Waals surface area contributed by atoms with E-state index in [9.17, 15) is 9.18 Å². The number of phenolic OH excluding ortho intramolecular Hbond substituents is 1. The first kappa shape index (κ1) is 12.9. The first-order chi connectivity index (χ1) is 8.68. The summed E-state index contributed by atoms with van der Waals surface area (Å²) < 4.78 is 13.6. The second-order valence-corrected chi connectivity index (χ2v) is 4.72. The van der Waals surface area contributed by atoms with Crippen molar-refractivity contribution < 1.29 is 14.3 Å². The number of carbonyl (C=O) groups is 1. The van der Waals surface area contributed by atoms with Crippen molar-refractivity contribution in [1.29, 1.82) is 0 Å². The van der Waals surface area contributed by atoms with Crippen LogP contribution in [0, 0.1) is 5.82 Å². The summed E-state index contributed by atoms with van der Waals surface area (Å²) >= 11 is 0. The molecule has 0 saturated carbocycles. The number of phenols is 1. The second-order valence-electron chi connectivity index (χ2n) is 4.72. The van der Waals surface area contributed by atoms with Crippen LogP contribution >= 0.6 is 0 Å². The number of nitrogens with zero attached hydrogens (tertiary/aromatic N) is 1. The van der Waals surface area contributed by atoms with Crippen LogP contribution in [-0.4, -0.2) is 29.0 Å². The van der Waals surface area contributed by atoms with E-state index in [0.717, 1.165) is 31.7 Å². The van der Waals surface area contributed by atoms with Gasteiger partial charge >= 0.3 is 0 Å². The lowest BCUT2D eigenvalue weighted by Gasteiger charge is -2.25. The number of halogens is 1. The average Bonchev–Trinajstić information content (AvgIpc) is 2.27. The summed E-state index contributed by atoms with van der Waals surface area (Å²) in [6.07, 6.45) is 5.43. The third kappa shape index (κ3) is 3.00. The third-order valence-electron chi connectivity index (χ3n) is 3.33. The average molecular weight is 251 g/mol. The Kier molecular flexibility index (Phi) is 4.18. The molecule has 1 aromatic carbocycles. The smallest absolute Gasteiger partial charge is 0.256 e. The number of benzene rings is 1. The molecule has 1 aliphatic rings. The van der Waals surface area contributed by atoms with Crippen LogP contribution in [0.1, 0.15) is 42.5 Å². The minimum Gasteiger partial charge on any atom is -0.508 e. The number of hydrogen-bond donors (Lipinski definition) is 1. The fourth-order valence-corrected chi connectivity index (χ4v) is 2.30. The molecule has 1 amide bonds. The maximum absolute atomic E-state index is 13.6. The van der Waals surface area contributed by atoms with E-state index in [-0.39, 0.29) is 17.2 Å². The molecule has 1 saturated heterocycles. The first-order valence-electron chi connectivity index (χ1n) is 6.46. The quantitative estimate of drug-likeness (QED) is 0.833. The van der Waals surface area contributed by atoms with Crippen molar-refractivity contribution >= 4 is 5.91 Å². The van der Waals surface area contributed by atoms with Crippen molar-refractivity contribution in [2.24, 2.45) is 0 Å². The molecular formula is C14H18FNO2. The topological polar surface area (TPSA) is 40.5 Å². The highest BCUT2D eigenvalue weighted by molar-refractivity contribution is 5.94. The summed E-state index contributed by atoms with van der Waals surface area (Å²) in [5.74, 6) is -1.08. The Morgan fingerprint density at radius 3 is 2.33 bits per heavy atom. The predicted octanol–water partition coefficient (Wildman–Crippen LogP) is 2.94. The van der Waals surface area contributed by atoms with Crippen LogP contribution in [0.25, 0.3) is 0 Å². The highest BCUT2D eigenvalue weighted by atomic mass is 19.1. The van der Waals surface area contributed by atoms with Gasteiger partial charge in [0.1, 0.15) is 11.6 Å². The van der Waals surface area contributed by atoms with Crippen LogP contribution < -0.4 is 0 Å². The molecule has 2 rings (SSSR count). The molecule has 98 valence electrons. The largest absolute Gasteiger partial charge is 0.508 e. The van der Waals surface area contributed by atoms with E-state index in [1.807, 2.05) is 0 Å². The van der Waals surface area contributed by atoms with Gasteiger partial charge in [0, 0.05) is 19.2 Å². The van der Waals surface area contributed by atoms with E-state index in [0.29, 0.717) is 13.1 Å². The fraction of sp³-hybridized carbons (Fsp3) is 0.500. The maximum atomic E-state index is 13.6. The van der Waals surface area contributed by atoms with Crippen molar-refractivity contribution in [2.45, 2.75) is 32.1 Å². The Balaban J connectivity index is 2.13. The van der Waals surface area contributed by atoms with Gasteiger partial charge in [-0.15, -0.1) is 0 Å². The lowest BCUT2D eigenvalue weighted by molar-refractivity contribution is 0.0737. The fourth-order valence-electron chi connectivity index (χ4n) is 2.30. The van der Waals surface area contributed by atoms with Gasteiger partial charge in [-0.2, -0.15) is 0 Å². The van der Waals surface area contributed by atoms with Gasteiger partial charge in [-0.25, -0.2) is 4.39 Å². The molecule has 1 fully saturated rings. The first-order valence-corrected chi connectivity index (χ1v) is 6.46. The van der Waals surface area contributed by atoms with Crippen LogP contribution in [0.3, 0.4) is 0 Å². The molecule has 0 atom stereocenters. The van der Waals surface area contributed by atoms with Crippen LogP contribution in [0.15, 0.2) is 18.2 Å². The van der Waals surface area contributed by atoms with Gasteiger partial charge in [-0.05, 0) is 25.0 Å². The zero-order chi connectivity index (χ0) is 13.0.